The van der Waals surface area contributed by atoms with Gasteiger partial charge in [-0.2, -0.15) is 13.2 Å². The van der Waals surface area contributed by atoms with Crippen LogP contribution in [0.5, 0.6) is 5.75 Å². The number of anilines is 1. The standard InChI is InChI=1S/C20H14F6N2O/c21-19(22,23)17-7-2-1-6-16(17)14-8-9-18(28-12-14)27-11-13-4-3-5-15(10-13)29-20(24,25)26/h1-10,12H,11H2,(H,27,28). The van der Waals surface area contributed by atoms with Crippen LogP contribution < -0.4 is 10.1 Å². The van der Waals surface area contributed by atoms with Gasteiger partial charge in [-0.25, -0.2) is 4.98 Å². The van der Waals surface area contributed by atoms with Crippen molar-refractivity contribution in [3.63, 3.8) is 0 Å². The minimum absolute atomic E-state index is 0.0102. The Bertz CT molecular complexity index is 968. The molecule has 0 atom stereocenters. The van der Waals surface area contributed by atoms with Crippen LogP contribution in [0.3, 0.4) is 0 Å². The summed E-state index contributed by atoms with van der Waals surface area (Å²) < 4.78 is 80.2. The highest BCUT2D eigenvalue weighted by atomic mass is 19.4. The van der Waals surface area contributed by atoms with E-state index in [0.717, 1.165) is 6.07 Å². The van der Waals surface area contributed by atoms with Gasteiger partial charge in [-0.1, -0.05) is 30.3 Å². The van der Waals surface area contributed by atoms with Crippen molar-refractivity contribution in [3.8, 4) is 16.9 Å². The molecule has 0 fully saturated rings. The second kappa shape index (κ2) is 8.02. The molecule has 1 N–H and O–H groups in total. The molecule has 152 valence electrons. The van der Waals surface area contributed by atoms with Gasteiger partial charge >= 0.3 is 12.5 Å². The summed E-state index contributed by atoms with van der Waals surface area (Å²) >= 11 is 0. The molecule has 9 heteroatoms. The first-order valence-corrected chi connectivity index (χ1v) is 8.33. The maximum Gasteiger partial charge on any atom is 0.573 e. The van der Waals surface area contributed by atoms with Gasteiger partial charge in [0.1, 0.15) is 11.6 Å². The fraction of sp³-hybridized carbons (Fsp3) is 0.150. The highest BCUT2D eigenvalue weighted by Gasteiger charge is 2.33. The fourth-order valence-electron chi connectivity index (χ4n) is 2.68. The van der Waals surface area contributed by atoms with Crippen LogP contribution in [0.15, 0.2) is 66.9 Å². The molecule has 0 spiro atoms. The number of nitrogens with one attached hydrogen (secondary N) is 1. The normalized spacial score (nSPS) is 11.9. The van der Waals surface area contributed by atoms with E-state index in [1.54, 1.807) is 6.07 Å². The number of hydrogen-bond acceptors (Lipinski definition) is 3. The number of halogens is 6. The second-order valence-corrected chi connectivity index (χ2v) is 6.02. The lowest BCUT2D eigenvalue weighted by atomic mass is 10.0. The molecule has 0 aliphatic heterocycles. The van der Waals surface area contributed by atoms with Gasteiger partial charge in [0, 0.05) is 18.3 Å². The first kappa shape index (κ1) is 20.5. The minimum Gasteiger partial charge on any atom is -0.406 e. The lowest BCUT2D eigenvalue weighted by molar-refractivity contribution is -0.274. The Balaban J connectivity index is 1.71. The summed E-state index contributed by atoms with van der Waals surface area (Å²) in [7, 11) is 0. The van der Waals surface area contributed by atoms with Crippen molar-refractivity contribution >= 4 is 5.82 Å². The van der Waals surface area contributed by atoms with Gasteiger partial charge in [0.2, 0.25) is 0 Å². The van der Waals surface area contributed by atoms with E-state index in [4.69, 9.17) is 0 Å². The van der Waals surface area contributed by atoms with E-state index < -0.39 is 18.1 Å². The number of ether oxygens (including phenoxy) is 1. The quantitative estimate of drug-likeness (QED) is 0.501. The van der Waals surface area contributed by atoms with E-state index >= 15 is 0 Å². The number of benzene rings is 2. The zero-order chi connectivity index (χ0) is 21.1. The van der Waals surface area contributed by atoms with Crippen molar-refractivity contribution in [1.82, 2.24) is 4.98 Å². The summed E-state index contributed by atoms with van der Waals surface area (Å²) in [5, 5.41) is 2.90. The lowest BCUT2D eigenvalue weighted by Gasteiger charge is -2.13. The van der Waals surface area contributed by atoms with Crippen molar-refractivity contribution in [3.05, 3.63) is 78.0 Å². The topological polar surface area (TPSA) is 34.1 Å². The molecule has 3 nitrogen and oxygen atoms in total. The molecule has 3 rings (SSSR count). The number of alkyl halides is 6. The van der Waals surface area contributed by atoms with Crippen LogP contribution in [0.1, 0.15) is 11.1 Å². The molecular formula is C20H14F6N2O. The van der Waals surface area contributed by atoms with Gasteiger partial charge in [0.05, 0.1) is 5.56 Å². The molecule has 0 unspecified atom stereocenters. The van der Waals surface area contributed by atoms with Crippen LogP contribution in [0.25, 0.3) is 11.1 Å². The molecule has 0 aliphatic carbocycles. The predicted octanol–water partition coefficient (Wildman–Crippen LogP) is 6.28. The summed E-state index contributed by atoms with van der Waals surface area (Å²) in [6.07, 6.45) is -7.97. The van der Waals surface area contributed by atoms with Gasteiger partial charge in [-0.3, -0.25) is 0 Å². The van der Waals surface area contributed by atoms with E-state index in [9.17, 15) is 26.3 Å². The molecular weight excluding hydrogens is 398 g/mol. The molecule has 0 saturated carbocycles. The summed E-state index contributed by atoms with van der Waals surface area (Å²) in [5.74, 6) is 0.0178. The molecule has 2 aromatic carbocycles. The molecule has 0 radical (unpaired) electrons. The van der Waals surface area contributed by atoms with E-state index in [-0.39, 0.29) is 17.9 Å². The van der Waals surface area contributed by atoms with Gasteiger partial charge in [0.25, 0.3) is 0 Å². The van der Waals surface area contributed by atoms with Crippen LogP contribution in [0, 0.1) is 0 Å². The Hall–Kier alpha value is -3.23. The Labute approximate surface area is 162 Å². The van der Waals surface area contributed by atoms with Crippen LogP contribution in [0.4, 0.5) is 32.2 Å². The summed E-state index contributed by atoms with van der Waals surface area (Å²) in [6, 6.07) is 13.6. The zero-order valence-corrected chi connectivity index (χ0v) is 14.7. The molecule has 1 aromatic heterocycles. The van der Waals surface area contributed by atoms with Gasteiger partial charge in [-0.15, -0.1) is 13.2 Å². The molecule has 0 amide bonds. The second-order valence-electron chi connectivity index (χ2n) is 6.02. The molecule has 29 heavy (non-hydrogen) atoms. The van der Waals surface area contributed by atoms with Crippen LogP contribution >= 0.6 is 0 Å². The molecule has 1 heterocycles. The first-order valence-electron chi connectivity index (χ1n) is 8.33. The van der Waals surface area contributed by atoms with Crippen molar-refractivity contribution in [2.24, 2.45) is 0 Å². The number of hydrogen-bond donors (Lipinski definition) is 1. The van der Waals surface area contributed by atoms with E-state index in [1.807, 2.05) is 0 Å². The maximum absolute atomic E-state index is 13.1. The van der Waals surface area contributed by atoms with Crippen LogP contribution in [0.2, 0.25) is 0 Å². The Morgan fingerprint density at radius 3 is 2.28 bits per heavy atom. The van der Waals surface area contributed by atoms with E-state index in [0.29, 0.717) is 16.9 Å². The Morgan fingerprint density at radius 1 is 0.862 bits per heavy atom. The third-order valence-corrected chi connectivity index (χ3v) is 3.91. The van der Waals surface area contributed by atoms with Gasteiger partial charge < -0.3 is 10.1 Å². The highest BCUT2D eigenvalue weighted by molar-refractivity contribution is 5.68. The van der Waals surface area contributed by atoms with Gasteiger partial charge in [0.15, 0.2) is 0 Å². The third kappa shape index (κ3) is 5.63. The molecule has 0 bridgehead atoms. The first-order chi connectivity index (χ1) is 13.6. The minimum atomic E-state index is -4.78. The Morgan fingerprint density at radius 2 is 1.62 bits per heavy atom. The summed E-state index contributed by atoms with van der Waals surface area (Å²) in [6.45, 7) is 0.153. The van der Waals surface area contributed by atoms with Crippen molar-refractivity contribution in [1.29, 1.82) is 0 Å². The highest BCUT2D eigenvalue weighted by Crippen LogP contribution is 2.36. The SMILES string of the molecule is FC(F)(F)Oc1cccc(CNc2ccc(-c3ccccc3C(F)(F)F)cn2)c1. The fourth-order valence-corrected chi connectivity index (χ4v) is 2.68. The number of aromatic nitrogens is 1. The monoisotopic (exact) mass is 412 g/mol. The van der Waals surface area contributed by atoms with Crippen molar-refractivity contribution < 1.29 is 31.1 Å². The zero-order valence-electron chi connectivity index (χ0n) is 14.7. The van der Waals surface area contributed by atoms with Crippen molar-refractivity contribution in [2.75, 3.05) is 5.32 Å². The van der Waals surface area contributed by atoms with E-state index in [1.165, 1.54) is 54.7 Å². The third-order valence-electron chi connectivity index (χ3n) is 3.91. The smallest absolute Gasteiger partial charge is 0.406 e. The van der Waals surface area contributed by atoms with Gasteiger partial charge in [-0.05, 0) is 41.5 Å². The maximum atomic E-state index is 13.1. The van der Waals surface area contributed by atoms with Crippen LogP contribution in [-0.4, -0.2) is 11.3 Å². The predicted molar refractivity (Wildman–Crippen MR) is 95.1 cm³/mol. The lowest BCUT2D eigenvalue weighted by Crippen LogP contribution is -2.17. The molecule has 3 aromatic rings. The molecule has 0 aliphatic rings. The molecule has 0 saturated heterocycles. The van der Waals surface area contributed by atoms with E-state index in [2.05, 4.69) is 15.0 Å². The van der Waals surface area contributed by atoms with Crippen molar-refractivity contribution in [2.45, 2.75) is 19.1 Å². The van der Waals surface area contributed by atoms with Crippen LogP contribution in [-0.2, 0) is 12.7 Å². The largest absolute Gasteiger partial charge is 0.573 e. The number of pyridine rings is 1. The summed E-state index contributed by atoms with van der Waals surface area (Å²) in [4.78, 5) is 4.09. The number of nitrogens with zero attached hydrogens (tertiary/aromatic N) is 1. The average Bonchev–Trinajstić information content (AvgIpc) is 2.65. The Kier molecular flexibility index (Phi) is 5.67. The average molecular weight is 412 g/mol. The number of rotatable bonds is 5. The summed E-state index contributed by atoms with van der Waals surface area (Å²) in [5.41, 5.74) is 0.0594.